The number of aldehydes is 1. The van der Waals surface area contributed by atoms with Crippen LogP contribution in [-0.4, -0.2) is 6.29 Å². The zero-order valence-electron chi connectivity index (χ0n) is 6.71. The van der Waals surface area contributed by atoms with E-state index >= 15 is 0 Å². The normalized spacial score (nSPS) is 41.2. The summed E-state index contributed by atoms with van der Waals surface area (Å²) in [6, 6.07) is 0. The lowest BCUT2D eigenvalue weighted by Gasteiger charge is -2.28. The van der Waals surface area contributed by atoms with Crippen molar-refractivity contribution in [3.05, 3.63) is 6.42 Å². The van der Waals surface area contributed by atoms with Crippen LogP contribution < -0.4 is 0 Å². The monoisotopic (exact) mass is 139 g/mol. The Balaban J connectivity index is 2.43. The fourth-order valence-corrected chi connectivity index (χ4v) is 1.67. The minimum atomic E-state index is 0.302. The molecule has 10 heavy (non-hydrogen) atoms. The number of hydrogen-bond donors (Lipinski definition) is 0. The molecule has 1 aliphatic rings. The fourth-order valence-electron chi connectivity index (χ4n) is 1.67. The van der Waals surface area contributed by atoms with Gasteiger partial charge in [-0.1, -0.05) is 13.8 Å². The first-order valence-electron chi connectivity index (χ1n) is 4.04. The van der Waals surface area contributed by atoms with Gasteiger partial charge in [-0.25, -0.2) is 0 Å². The minimum Gasteiger partial charge on any atom is -0.303 e. The molecule has 0 aromatic heterocycles. The third-order valence-corrected chi connectivity index (χ3v) is 2.44. The second-order valence-corrected chi connectivity index (χ2v) is 3.41. The summed E-state index contributed by atoms with van der Waals surface area (Å²) in [5.74, 6) is 1.52. The Bertz CT molecular complexity index is 120. The van der Waals surface area contributed by atoms with Gasteiger partial charge in [0.25, 0.3) is 0 Å². The van der Waals surface area contributed by atoms with Crippen LogP contribution in [0.3, 0.4) is 0 Å². The molecule has 1 radical (unpaired) electrons. The van der Waals surface area contributed by atoms with Crippen LogP contribution in [0.25, 0.3) is 0 Å². The van der Waals surface area contributed by atoms with Gasteiger partial charge in [0.2, 0.25) is 0 Å². The van der Waals surface area contributed by atoms with E-state index < -0.39 is 0 Å². The summed E-state index contributed by atoms with van der Waals surface area (Å²) in [5, 5.41) is 0. The Morgan fingerprint density at radius 3 is 2.60 bits per heavy atom. The van der Waals surface area contributed by atoms with Crippen LogP contribution >= 0.6 is 0 Å². The minimum absolute atomic E-state index is 0.302. The first-order valence-corrected chi connectivity index (χ1v) is 4.04. The standard InChI is InChI=1S/C9H15O/c1-7-3-4-9(6-10)8(2)5-7/h5-9H,3-4H2,1-2H3. The molecule has 1 nitrogen and oxygen atoms in total. The molecular formula is C9H15O. The highest BCUT2D eigenvalue weighted by Gasteiger charge is 2.24. The van der Waals surface area contributed by atoms with Crippen molar-refractivity contribution in [2.24, 2.45) is 17.8 Å². The lowest BCUT2D eigenvalue weighted by molar-refractivity contribution is -0.112. The maximum Gasteiger partial charge on any atom is 0.123 e. The Hall–Kier alpha value is -0.330. The Morgan fingerprint density at radius 1 is 1.40 bits per heavy atom. The van der Waals surface area contributed by atoms with Gasteiger partial charge in [-0.05, 0) is 31.1 Å². The molecule has 0 aromatic carbocycles. The van der Waals surface area contributed by atoms with E-state index in [4.69, 9.17) is 0 Å². The van der Waals surface area contributed by atoms with Crippen molar-refractivity contribution in [3.63, 3.8) is 0 Å². The summed E-state index contributed by atoms with van der Waals surface area (Å²) in [7, 11) is 0. The molecule has 3 atom stereocenters. The van der Waals surface area contributed by atoms with Crippen molar-refractivity contribution in [1.82, 2.24) is 0 Å². The van der Waals surface area contributed by atoms with Gasteiger partial charge in [-0.15, -0.1) is 0 Å². The van der Waals surface area contributed by atoms with Crippen LogP contribution in [0, 0.1) is 24.2 Å². The average molecular weight is 139 g/mol. The number of carbonyl (C=O) groups is 1. The zero-order chi connectivity index (χ0) is 7.56. The predicted octanol–water partition coefficient (Wildman–Crippen LogP) is 2.07. The van der Waals surface area contributed by atoms with Crippen molar-refractivity contribution in [1.29, 1.82) is 0 Å². The van der Waals surface area contributed by atoms with Crippen LogP contribution in [0.4, 0.5) is 0 Å². The summed E-state index contributed by atoms with van der Waals surface area (Å²) < 4.78 is 0. The van der Waals surface area contributed by atoms with Gasteiger partial charge in [0, 0.05) is 5.92 Å². The number of carbonyl (C=O) groups excluding carboxylic acids is 1. The zero-order valence-corrected chi connectivity index (χ0v) is 6.71. The topological polar surface area (TPSA) is 17.1 Å². The first-order chi connectivity index (χ1) is 4.74. The molecule has 1 rings (SSSR count). The van der Waals surface area contributed by atoms with E-state index in [1.54, 1.807) is 0 Å². The molecule has 0 heterocycles. The van der Waals surface area contributed by atoms with Crippen molar-refractivity contribution < 1.29 is 4.79 Å². The van der Waals surface area contributed by atoms with Gasteiger partial charge in [-0.2, -0.15) is 0 Å². The molecule has 1 aliphatic carbocycles. The third-order valence-electron chi connectivity index (χ3n) is 2.44. The second kappa shape index (κ2) is 3.18. The van der Waals surface area contributed by atoms with E-state index in [1.807, 2.05) is 0 Å². The smallest absolute Gasteiger partial charge is 0.123 e. The highest BCUT2D eigenvalue weighted by molar-refractivity contribution is 5.54. The van der Waals surface area contributed by atoms with E-state index in [-0.39, 0.29) is 0 Å². The van der Waals surface area contributed by atoms with Crippen LogP contribution in [0.1, 0.15) is 26.7 Å². The Kier molecular flexibility index (Phi) is 2.47. The lowest BCUT2D eigenvalue weighted by Crippen LogP contribution is -2.22. The predicted molar refractivity (Wildman–Crippen MR) is 41.4 cm³/mol. The van der Waals surface area contributed by atoms with E-state index in [0.717, 1.165) is 12.7 Å². The molecule has 0 bridgehead atoms. The molecule has 0 N–H and O–H groups in total. The molecule has 0 spiro atoms. The molecule has 57 valence electrons. The highest BCUT2D eigenvalue weighted by Crippen LogP contribution is 2.30. The third kappa shape index (κ3) is 1.59. The number of hydrogen-bond acceptors (Lipinski definition) is 1. The summed E-state index contributed by atoms with van der Waals surface area (Å²) in [6.07, 6.45) is 5.67. The second-order valence-electron chi connectivity index (χ2n) is 3.41. The fraction of sp³-hybridized carbons (Fsp3) is 0.778. The van der Waals surface area contributed by atoms with Gasteiger partial charge >= 0.3 is 0 Å². The summed E-state index contributed by atoms with van der Waals surface area (Å²) in [6.45, 7) is 4.35. The SMILES string of the molecule is CC1[CH]C(C)C(C=O)CC1. The van der Waals surface area contributed by atoms with E-state index in [2.05, 4.69) is 20.3 Å². The molecule has 1 fully saturated rings. The molecule has 0 saturated heterocycles. The van der Waals surface area contributed by atoms with Crippen molar-refractivity contribution in [3.8, 4) is 0 Å². The van der Waals surface area contributed by atoms with Gasteiger partial charge < -0.3 is 4.79 Å². The summed E-state index contributed by atoms with van der Waals surface area (Å²) in [4.78, 5) is 10.5. The summed E-state index contributed by atoms with van der Waals surface area (Å²) in [5.41, 5.74) is 0. The van der Waals surface area contributed by atoms with E-state index in [0.29, 0.717) is 17.8 Å². The van der Waals surface area contributed by atoms with Crippen molar-refractivity contribution in [2.45, 2.75) is 26.7 Å². The van der Waals surface area contributed by atoms with E-state index in [1.165, 1.54) is 6.42 Å². The van der Waals surface area contributed by atoms with Gasteiger partial charge in [0.15, 0.2) is 0 Å². The van der Waals surface area contributed by atoms with Gasteiger partial charge in [-0.3, -0.25) is 0 Å². The van der Waals surface area contributed by atoms with Crippen LogP contribution in [0.2, 0.25) is 0 Å². The molecular weight excluding hydrogens is 124 g/mol. The quantitative estimate of drug-likeness (QED) is 0.508. The van der Waals surface area contributed by atoms with Crippen molar-refractivity contribution >= 4 is 6.29 Å². The van der Waals surface area contributed by atoms with Crippen LogP contribution in [0.5, 0.6) is 0 Å². The molecule has 3 unspecified atom stereocenters. The molecule has 0 aromatic rings. The first kappa shape index (κ1) is 7.77. The molecule has 0 aliphatic heterocycles. The van der Waals surface area contributed by atoms with Crippen LogP contribution in [0.15, 0.2) is 0 Å². The summed E-state index contributed by atoms with van der Waals surface area (Å²) >= 11 is 0. The van der Waals surface area contributed by atoms with E-state index in [9.17, 15) is 4.79 Å². The van der Waals surface area contributed by atoms with Gasteiger partial charge in [0.05, 0.1) is 0 Å². The molecule has 1 saturated carbocycles. The van der Waals surface area contributed by atoms with Gasteiger partial charge in [0.1, 0.15) is 6.29 Å². The van der Waals surface area contributed by atoms with Crippen molar-refractivity contribution in [2.75, 3.05) is 0 Å². The number of rotatable bonds is 1. The Morgan fingerprint density at radius 2 is 2.10 bits per heavy atom. The van der Waals surface area contributed by atoms with Crippen LogP contribution in [-0.2, 0) is 4.79 Å². The largest absolute Gasteiger partial charge is 0.303 e. The maximum atomic E-state index is 10.5. The maximum absolute atomic E-state index is 10.5. The highest BCUT2D eigenvalue weighted by atomic mass is 16.1. The average Bonchev–Trinajstić information content (AvgIpc) is 1.88. The molecule has 1 heteroatoms. The Labute approximate surface area is 62.8 Å². The molecule has 0 amide bonds. The lowest BCUT2D eigenvalue weighted by atomic mass is 9.76.